The van der Waals surface area contributed by atoms with E-state index >= 15 is 0 Å². The monoisotopic (exact) mass is 166 g/mol. The number of pyridine rings is 1. The molecule has 0 unspecified atom stereocenters. The third-order valence-corrected chi connectivity index (χ3v) is 2.41. The summed E-state index contributed by atoms with van der Waals surface area (Å²) in [5.74, 6) is 2.50. The van der Waals surface area contributed by atoms with Crippen molar-refractivity contribution in [3.05, 3.63) is 30.3 Å². The Balaban J connectivity index is 2.39. The zero-order valence-corrected chi connectivity index (χ0v) is 7.69. The Hall–Kier alpha value is -0.500. The predicted molar refractivity (Wildman–Crippen MR) is 49.6 cm³/mol. The van der Waals surface area contributed by atoms with Gasteiger partial charge in [-0.1, -0.05) is 19.9 Å². The van der Waals surface area contributed by atoms with Gasteiger partial charge in [-0.25, -0.2) is 4.98 Å². The highest BCUT2D eigenvalue weighted by Gasteiger charge is 1.96. The third-order valence-electron chi connectivity index (χ3n) is 1.15. The Labute approximate surface area is 72.2 Å². The van der Waals surface area contributed by atoms with Crippen LogP contribution in [0.1, 0.15) is 13.8 Å². The zero-order valence-electron chi connectivity index (χ0n) is 6.87. The fourth-order valence-electron chi connectivity index (χ4n) is 0.651. The number of aromatic nitrogens is 1. The summed E-state index contributed by atoms with van der Waals surface area (Å²) in [7, 11) is 0. The van der Waals surface area contributed by atoms with Crippen LogP contribution in [-0.2, 0) is 0 Å². The molecule has 0 saturated carbocycles. The lowest BCUT2D eigenvalue weighted by Gasteiger charge is -2.01. The quantitative estimate of drug-likeness (QED) is 0.640. The van der Waals surface area contributed by atoms with Crippen LogP contribution >= 0.6 is 11.8 Å². The average Bonchev–Trinajstić information content (AvgIpc) is 2.03. The number of hydrogen-bond acceptors (Lipinski definition) is 2. The second-order valence-corrected chi connectivity index (χ2v) is 3.66. The summed E-state index contributed by atoms with van der Waals surface area (Å²) in [6.07, 6.45) is 1.83. The molecule has 0 N–H and O–H groups in total. The van der Waals surface area contributed by atoms with E-state index in [0.717, 1.165) is 10.8 Å². The topological polar surface area (TPSA) is 12.9 Å². The van der Waals surface area contributed by atoms with Crippen LogP contribution in [-0.4, -0.2) is 10.7 Å². The lowest BCUT2D eigenvalue weighted by molar-refractivity contribution is 1.09. The molecular weight excluding hydrogens is 154 g/mol. The van der Waals surface area contributed by atoms with Gasteiger partial charge in [-0.05, 0) is 18.1 Å². The van der Waals surface area contributed by atoms with E-state index in [9.17, 15) is 0 Å². The highest BCUT2D eigenvalue weighted by Crippen LogP contribution is 2.17. The highest BCUT2D eigenvalue weighted by molar-refractivity contribution is 7.99. The van der Waals surface area contributed by atoms with Crippen molar-refractivity contribution >= 4 is 11.8 Å². The minimum Gasteiger partial charge on any atom is -0.250 e. The molecular formula is C9H12NS. The molecule has 1 heterocycles. The molecule has 1 aromatic heterocycles. The summed E-state index contributed by atoms with van der Waals surface area (Å²) < 4.78 is 0. The van der Waals surface area contributed by atoms with E-state index in [1.54, 1.807) is 11.8 Å². The molecule has 1 aromatic rings. The first kappa shape index (κ1) is 8.60. The molecule has 0 aliphatic carbocycles. The van der Waals surface area contributed by atoms with E-state index in [4.69, 9.17) is 0 Å². The summed E-state index contributed by atoms with van der Waals surface area (Å²) in [5, 5.41) is 1.11. The minimum atomic E-state index is 1.07. The van der Waals surface area contributed by atoms with Gasteiger partial charge >= 0.3 is 0 Å². The Morgan fingerprint density at radius 2 is 2.27 bits per heavy atom. The standard InChI is InChI=1S/C9H12NS/c1-8(2)7-11-9-5-3-4-6-10-9/h3-6H,7H2,1-2H3. The van der Waals surface area contributed by atoms with E-state index in [1.807, 2.05) is 24.4 Å². The second kappa shape index (κ2) is 4.39. The van der Waals surface area contributed by atoms with Crippen LogP contribution in [0.2, 0.25) is 0 Å². The zero-order chi connectivity index (χ0) is 8.10. The van der Waals surface area contributed by atoms with Crippen molar-refractivity contribution in [2.24, 2.45) is 0 Å². The van der Waals surface area contributed by atoms with Gasteiger partial charge < -0.3 is 0 Å². The highest BCUT2D eigenvalue weighted by atomic mass is 32.2. The summed E-state index contributed by atoms with van der Waals surface area (Å²) in [4.78, 5) is 4.20. The van der Waals surface area contributed by atoms with Gasteiger partial charge in [0.2, 0.25) is 0 Å². The molecule has 59 valence electrons. The summed E-state index contributed by atoms with van der Waals surface area (Å²) in [5.41, 5.74) is 0. The van der Waals surface area contributed by atoms with Gasteiger partial charge in [-0.2, -0.15) is 0 Å². The average molecular weight is 166 g/mol. The molecule has 0 spiro atoms. The van der Waals surface area contributed by atoms with Crippen LogP contribution in [0.4, 0.5) is 0 Å². The van der Waals surface area contributed by atoms with Gasteiger partial charge in [0.25, 0.3) is 0 Å². The molecule has 0 aliphatic heterocycles. The molecule has 1 radical (unpaired) electrons. The van der Waals surface area contributed by atoms with Gasteiger partial charge in [0.1, 0.15) is 0 Å². The van der Waals surface area contributed by atoms with Gasteiger partial charge in [0, 0.05) is 11.9 Å². The van der Waals surface area contributed by atoms with Gasteiger partial charge in [0.05, 0.1) is 5.03 Å². The number of hydrogen-bond donors (Lipinski definition) is 0. The normalized spacial score (nSPS) is 10.5. The first-order chi connectivity index (χ1) is 5.29. The van der Waals surface area contributed by atoms with E-state index in [1.165, 1.54) is 5.92 Å². The molecule has 0 fully saturated rings. The largest absolute Gasteiger partial charge is 0.250 e. The number of nitrogens with zero attached hydrogens (tertiary/aromatic N) is 1. The lowest BCUT2D eigenvalue weighted by atomic mass is 10.3. The molecule has 0 aromatic carbocycles. The molecule has 11 heavy (non-hydrogen) atoms. The van der Waals surface area contributed by atoms with Crippen LogP contribution < -0.4 is 0 Å². The van der Waals surface area contributed by atoms with Crippen LogP contribution in [0.3, 0.4) is 0 Å². The molecule has 0 amide bonds. The van der Waals surface area contributed by atoms with Crippen molar-refractivity contribution in [1.29, 1.82) is 0 Å². The first-order valence-corrected chi connectivity index (χ1v) is 4.60. The number of rotatable bonds is 3. The molecule has 1 rings (SSSR count). The molecule has 1 nitrogen and oxygen atoms in total. The summed E-state index contributed by atoms with van der Waals surface area (Å²) in [6.45, 7) is 4.27. The maximum Gasteiger partial charge on any atom is 0.0959 e. The van der Waals surface area contributed by atoms with Crippen LogP contribution in [0.5, 0.6) is 0 Å². The van der Waals surface area contributed by atoms with Crippen LogP contribution in [0.15, 0.2) is 29.4 Å². The fraction of sp³-hybridized carbons (Fsp3) is 0.333. The fourth-order valence-corrected chi connectivity index (χ4v) is 1.40. The van der Waals surface area contributed by atoms with Crippen LogP contribution in [0, 0.1) is 5.92 Å². The maximum absolute atomic E-state index is 4.20. The van der Waals surface area contributed by atoms with Crippen molar-refractivity contribution in [3.8, 4) is 0 Å². The van der Waals surface area contributed by atoms with Crippen molar-refractivity contribution in [2.45, 2.75) is 18.9 Å². The molecule has 0 saturated heterocycles. The molecule has 0 atom stereocenters. The maximum atomic E-state index is 4.20. The van der Waals surface area contributed by atoms with E-state index in [0.29, 0.717) is 0 Å². The van der Waals surface area contributed by atoms with Crippen molar-refractivity contribution < 1.29 is 0 Å². The third kappa shape index (κ3) is 3.42. The van der Waals surface area contributed by atoms with E-state index in [2.05, 4.69) is 18.8 Å². The second-order valence-electron chi connectivity index (χ2n) is 2.66. The first-order valence-electron chi connectivity index (χ1n) is 3.62. The Bertz CT molecular complexity index is 196. The Morgan fingerprint density at radius 3 is 2.82 bits per heavy atom. The lowest BCUT2D eigenvalue weighted by Crippen LogP contribution is -1.88. The smallest absolute Gasteiger partial charge is 0.0959 e. The Morgan fingerprint density at radius 1 is 1.45 bits per heavy atom. The minimum absolute atomic E-state index is 1.07. The van der Waals surface area contributed by atoms with Gasteiger partial charge in [-0.15, -0.1) is 11.8 Å². The van der Waals surface area contributed by atoms with Crippen molar-refractivity contribution in [2.75, 3.05) is 5.75 Å². The van der Waals surface area contributed by atoms with Crippen molar-refractivity contribution in [3.63, 3.8) is 0 Å². The van der Waals surface area contributed by atoms with Gasteiger partial charge in [0.15, 0.2) is 0 Å². The molecule has 0 aliphatic rings. The molecule has 0 bridgehead atoms. The van der Waals surface area contributed by atoms with Crippen molar-refractivity contribution in [1.82, 2.24) is 4.98 Å². The predicted octanol–water partition coefficient (Wildman–Crippen LogP) is 2.79. The summed E-state index contributed by atoms with van der Waals surface area (Å²) in [6, 6.07) is 5.99. The molecule has 2 heteroatoms. The van der Waals surface area contributed by atoms with Crippen LogP contribution in [0.25, 0.3) is 0 Å². The van der Waals surface area contributed by atoms with E-state index < -0.39 is 0 Å². The Kier molecular flexibility index (Phi) is 3.43. The summed E-state index contributed by atoms with van der Waals surface area (Å²) >= 11 is 1.78. The van der Waals surface area contributed by atoms with Gasteiger partial charge in [-0.3, -0.25) is 0 Å². The SMILES string of the molecule is C[C](C)CSc1ccccn1. The van der Waals surface area contributed by atoms with E-state index in [-0.39, 0.29) is 0 Å². The number of thioether (sulfide) groups is 1.